The topological polar surface area (TPSA) is 64.1 Å². The van der Waals surface area contributed by atoms with Crippen LogP contribution in [0, 0.1) is 0 Å². The molecule has 1 aliphatic heterocycles. The van der Waals surface area contributed by atoms with Gasteiger partial charge < -0.3 is 10.1 Å². The van der Waals surface area contributed by atoms with E-state index in [9.17, 15) is 4.79 Å². The summed E-state index contributed by atoms with van der Waals surface area (Å²) in [6.45, 7) is 1.96. The van der Waals surface area contributed by atoms with Crippen molar-refractivity contribution in [2.45, 2.75) is 12.3 Å². The SMILES string of the molecule is COC(=O)c1ccc(C2CCNC2)nn1. The second-order valence-electron chi connectivity index (χ2n) is 3.52. The highest BCUT2D eigenvalue weighted by Crippen LogP contribution is 2.19. The highest BCUT2D eigenvalue weighted by atomic mass is 16.5. The van der Waals surface area contributed by atoms with Gasteiger partial charge in [0.05, 0.1) is 12.8 Å². The second-order valence-corrected chi connectivity index (χ2v) is 3.52. The molecule has 1 aromatic rings. The van der Waals surface area contributed by atoms with Crippen LogP contribution < -0.4 is 5.32 Å². The molecule has 0 radical (unpaired) electrons. The lowest BCUT2D eigenvalue weighted by Gasteiger charge is -2.06. The molecular weight excluding hydrogens is 194 g/mol. The number of ether oxygens (including phenoxy) is 1. The molecule has 1 atom stereocenters. The number of esters is 1. The maximum Gasteiger partial charge on any atom is 0.358 e. The average molecular weight is 207 g/mol. The van der Waals surface area contributed by atoms with Gasteiger partial charge in [-0.2, -0.15) is 5.10 Å². The molecule has 1 unspecified atom stereocenters. The van der Waals surface area contributed by atoms with Crippen LogP contribution in [0.1, 0.15) is 28.5 Å². The van der Waals surface area contributed by atoms with E-state index in [0.29, 0.717) is 5.92 Å². The number of carbonyl (C=O) groups excluding carboxylic acids is 1. The van der Waals surface area contributed by atoms with Gasteiger partial charge >= 0.3 is 5.97 Å². The van der Waals surface area contributed by atoms with E-state index in [0.717, 1.165) is 25.2 Å². The van der Waals surface area contributed by atoms with E-state index in [1.165, 1.54) is 7.11 Å². The number of nitrogens with one attached hydrogen (secondary N) is 1. The molecule has 2 rings (SSSR count). The first kappa shape index (κ1) is 10.0. The van der Waals surface area contributed by atoms with Gasteiger partial charge in [-0.05, 0) is 25.1 Å². The first-order valence-corrected chi connectivity index (χ1v) is 4.94. The molecule has 1 fully saturated rings. The molecule has 1 aliphatic rings. The Labute approximate surface area is 87.8 Å². The fourth-order valence-corrected chi connectivity index (χ4v) is 1.68. The van der Waals surface area contributed by atoms with E-state index in [4.69, 9.17) is 0 Å². The largest absolute Gasteiger partial charge is 0.464 e. The van der Waals surface area contributed by atoms with Gasteiger partial charge in [-0.3, -0.25) is 0 Å². The number of carbonyl (C=O) groups is 1. The van der Waals surface area contributed by atoms with E-state index in [2.05, 4.69) is 20.3 Å². The minimum Gasteiger partial charge on any atom is -0.464 e. The third kappa shape index (κ3) is 2.12. The summed E-state index contributed by atoms with van der Waals surface area (Å²) < 4.78 is 4.55. The molecule has 2 heterocycles. The van der Waals surface area contributed by atoms with E-state index in [1.807, 2.05) is 6.07 Å². The van der Waals surface area contributed by atoms with E-state index >= 15 is 0 Å². The molecule has 5 nitrogen and oxygen atoms in total. The summed E-state index contributed by atoms with van der Waals surface area (Å²) in [4.78, 5) is 11.1. The molecule has 0 aliphatic carbocycles. The van der Waals surface area contributed by atoms with Crippen LogP contribution in [0.15, 0.2) is 12.1 Å². The van der Waals surface area contributed by atoms with E-state index in [-0.39, 0.29) is 5.69 Å². The predicted octanol–water partition coefficient (Wildman–Crippen LogP) is 0.340. The summed E-state index contributed by atoms with van der Waals surface area (Å²) in [5.74, 6) is -0.0252. The molecule has 80 valence electrons. The lowest BCUT2D eigenvalue weighted by atomic mass is 10.0. The third-order valence-corrected chi connectivity index (χ3v) is 2.56. The van der Waals surface area contributed by atoms with Crippen LogP contribution in [0.2, 0.25) is 0 Å². The maximum atomic E-state index is 11.1. The molecular formula is C10H13N3O2. The van der Waals surface area contributed by atoms with Crippen molar-refractivity contribution in [2.75, 3.05) is 20.2 Å². The van der Waals surface area contributed by atoms with Crippen LogP contribution in [-0.4, -0.2) is 36.4 Å². The first-order chi connectivity index (χ1) is 7.31. The first-order valence-electron chi connectivity index (χ1n) is 4.94. The molecule has 5 heteroatoms. The molecule has 0 aromatic carbocycles. The summed E-state index contributed by atoms with van der Waals surface area (Å²) in [7, 11) is 1.33. The summed E-state index contributed by atoms with van der Waals surface area (Å²) in [6, 6.07) is 3.50. The van der Waals surface area contributed by atoms with Crippen molar-refractivity contribution in [2.24, 2.45) is 0 Å². The third-order valence-electron chi connectivity index (χ3n) is 2.56. The summed E-state index contributed by atoms with van der Waals surface area (Å²) >= 11 is 0. The highest BCUT2D eigenvalue weighted by molar-refractivity contribution is 5.86. The van der Waals surface area contributed by atoms with Gasteiger partial charge in [0, 0.05) is 12.5 Å². The van der Waals surface area contributed by atoms with Gasteiger partial charge in [-0.15, -0.1) is 5.10 Å². The number of hydrogen-bond donors (Lipinski definition) is 1. The van der Waals surface area contributed by atoms with Gasteiger partial charge in [-0.1, -0.05) is 0 Å². The van der Waals surface area contributed by atoms with Crippen LogP contribution in [0.3, 0.4) is 0 Å². The molecule has 0 saturated carbocycles. The minimum atomic E-state index is -0.446. The molecule has 1 aromatic heterocycles. The van der Waals surface area contributed by atoms with Crippen LogP contribution in [0.25, 0.3) is 0 Å². The van der Waals surface area contributed by atoms with Crippen molar-refractivity contribution < 1.29 is 9.53 Å². The zero-order valence-corrected chi connectivity index (χ0v) is 8.56. The van der Waals surface area contributed by atoms with Crippen molar-refractivity contribution >= 4 is 5.97 Å². The van der Waals surface area contributed by atoms with Gasteiger partial charge in [0.15, 0.2) is 5.69 Å². The van der Waals surface area contributed by atoms with Gasteiger partial charge in [0.25, 0.3) is 0 Å². The lowest BCUT2D eigenvalue weighted by Crippen LogP contribution is -2.11. The molecule has 15 heavy (non-hydrogen) atoms. The molecule has 1 N–H and O–H groups in total. The van der Waals surface area contributed by atoms with Gasteiger partial charge in [0.1, 0.15) is 0 Å². The van der Waals surface area contributed by atoms with Crippen molar-refractivity contribution in [3.8, 4) is 0 Å². The normalized spacial score (nSPS) is 20.2. The standard InChI is InChI=1S/C10H13N3O2/c1-15-10(14)9-3-2-8(12-13-9)7-4-5-11-6-7/h2-3,7,11H,4-6H2,1H3. The van der Waals surface area contributed by atoms with Gasteiger partial charge in [-0.25, -0.2) is 4.79 Å². The van der Waals surface area contributed by atoms with Crippen LogP contribution >= 0.6 is 0 Å². The summed E-state index contributed by atoms with van der Waals surface area (Å²) in [6.07, 6.45) is 1.08. The Morgan fingerprint density at radius 3 is 2.93 bits per heavy atom. The quantitative estimate of drug-likeness (QED) is 0.708. The summed E-state index contributed by atoms with van der Waals surface area (Å²) in [5, 5.41) is 11.1. The fraction of sp³-hybridized carbons (Fsp3) is 0.500. The zero-order valence-electron chi connectivity index (χ0n) is 8.56. The molecule has 0 bridgehead atoms. The number of methoxy groups -OCH3 is 1. The highest BCUT2D eigenvalue weighted by Gasteiger charge is 2.18. The van der Waals surface area contributed by atoms with E-state index < -0.39 is 5.97 Å². The maximum absolute atomic E-state index is 11.1. The van der Waals surface area contributed by atoms with Crippen LogP contribution in [0.4, 0.5) is 0 Å². The van der Waals surface area contributed by atoms with Crippen molar-refractivity contribution in [3.63, 3.8) is 0 Å². The average Bonchev–Trinajstić information content (AvgIpc) is 2.82. The Morgan fingerprint density at radius 2 is 2.40 bits per heavy atom. The predicted molar refractivity (Wildman–Crippen MR) is 53.6 cm³/mol. The molecule has 1 saturated heterocycles. The Hall–Kier alpha value is -1.49. The van der Waals surface area contributed by atoms with Crippen molar-refractivity contribution in [1.29, 1.82) is 0 Å². The van der Waals surface area contributed by atoms with Crippen molar-refractivity contribution in [3.05, 3.63) is 23.5 Å². The van der Waals surface area contributed by atoms with Gasteiger partial charge in [0.2, 0.25) is 0 Å². The number of hydrogen-bond acceptors (Lipinski definition) is 5. The smallest absolute Gasteiger partial charge is 0.358 e. The molecule has 0 spiro atoms. The fourth-order valence-electron chi connectivity index (χ4n) is 1.68. The zero-order chi connectivity index (χ0) is 10.7. The Bertz CT molecular complexity index is 344. The Morgan fingerprint density at radius 1 is 1.53 bits per heavy atom. The van der Waals surface area contributed by atoms with Crippen LogP contribution in [0.5, 0.6) is 0 Å². The van der Waals surface area contributed by atoms with E-state index in [1.54, 1.807) is 6.07 Å². The minimum absolute atomic E-state index is 0.257. The number of nitrogens with zero attached hydrogens (tertiary/aromatic N) is 2. The summed E-state index contributed by atoms with van der Waals surface area (Å²) in [5.41, 5.74) is 1.19. The Balaban J connectivity index is 2.12. The molecule has 0 amide bonds. The Kier molecular flexibility index (Phi) is 2.91. The monoisotopic (exact) mass is 207 g/mol. The second kappa shape index (κ2) is 4.35. The number of rotatable bonds is 2. The number of aromatic nitrogens is 2. The lowest BCUT2D eigenvalue weighted by molar-refractivity contribution is 0.0592. The van der Waals surface area contributed by atoms with Crippen LogP contribution in [-0.2, 0) is 4.74 Å². The van der Waals surface area contributed by atoms with Crippen molar-refractivity contribution in [1.82, 2.24) is 15.5 Å².